The summed E-state index contributed by atoms with van der Waals surface area (Å²) in [6, 6.07) is 16.4. The van der Waals surface area contributed by atoms with Crippen LogP contribution in [0.25, 0.3) is 21.1 Å². The Balaban J connectivity index is 1.33. The van der Waals surface area contributed by atoms with E-state index in [4.69, 9.17) is 4.98 Å². The number of amides is 1. The lowest BCUT2D eigenvalue weighted by atomic mass is 9.98. The van der Waals surface area contributed by atoms with Crippen molar-refractivity contribution in [3.8, 4) is 0 Å². The lowest BCUT2D eigenvalue weighted by molar-refractivity contribution is -0.131. The zero-order valence-corrected chi connectivity index (χ0v) is 15.8. The van der Waals surface area contributed by atoms with E-state index in [2.05, 4.69) is 29.2 Å². The van der Waals surface area contributed by atoms with Crippen molar-refractivity contribution in [2.24, 2.45) is 0 Å². The van der Waals surface area contributed by atoms with Crippen LogP contribution in [0, 0.1) is 0 Å². The molecule has 1 fully saturated rings. The minimum Gasteiger partial charge on any atom is -0.361 e. The standard InChI is InChI=1S/C22H21N3OS/c26-21(12-16-13-23-18-8-2-1-7-17(16)18)25-11-5-6-15(14-25)22-24-19-9-3-4-10-20(19)27-22/h1-4,7-10,13,15,23H,5-6,11-12,14H2/t15-/m1/s1. The number of H-pyrrole nitrogens is 1. The zero-order chi connectivity index (χ0) is 18.2. The number of rotatable bonds is 3. The van der Waals surface area contributed by atoms with E-state index in [0.29, 0.717) is 12.3 Å². The van der Waals surface area contributed by atoms with Gasteiger partial charge in [0.25, 0.3) is 0 Å². The third-order valence-electron chi connectivity index (χ3n) is 5.45. The van der Waals surface area contributed by atoms with Gasteiger partial charge in [-0.15, -0.1) is 11.3 Å². The Bertz CT molecular complexity index is 1080. The summed E-state index contributed by atoms with van der Waals surface area (Å²) in [5, 5.41) is 2.31. The maximum Gasteiger partial charge on any atom is 0.227 e. The summed E-state index contributed by atoms with van der Waals surface area (Å²) in [5.41, 5.74) is 3.24. The van der Waals surface area contributed by atoms with E-state index in [0.717, 1.165) is 47.9 Å². The Labute approximate surface area is 161 Å². The van der Waals surface area contributed by atoms with Gasteiger partial charge >= 0.3 is 0 Å². The third-order valence-corrected chi connectivity index (χ3v) is 6.65. The van der Waals surface area contributed by atoms with Crippen LogP contribution >= 0.6 is 11.3 Å². The van der Waals surface area contributed by atoms with Crippen LogP contribution in [0.2, 0.25) is 0 Å². The van der Waals surface area contributed by atoms with Gasteiger partial charge in [0.15, 0.2) is 0 Å². The number of hydrogen-bond donors (Lipinski definition) is 1. The third kappa shape index (κ3) is 3.12. The van der Waals surface area contributed by atoms with Gasteiger partial charge in [0, 0.05) is 36.1 Å². The molecule has 0 aliphatic carbocycles. The number of benzene rings is 2. The minimum atomic E-state index is 0.213. The molecule has 27 heavy (non-hydrogen) atoms. The summed E-state index contributed by atoms with van der Waals surface area (Å²) in [4.78, 5) is 23.1. The summed E-state index contributed by atoms with van der Waals surface area (Å²) in [6.07, 6.45) is 4.57. The molecule has 0 unspecified atom stereocenters. The molecule has 5 heteroatoms. The molecule has 0 saturated carbocycles. The summed E-state index contributed by atoms with van der Waals surface area (Å²) in [5.74, 6) is 0.564. The molecule has 1 saturated heterocycles. The first kappa shape index (κ1) is 16.5. The monoisotopic (exact) mass is 375 g/mol. The van der Waals surface area contributed by atoms with E-state index in [1.54, 1.807) is 11.3 Å². The number of aromatic amines is 1. The van der Waals surface area contributed by atoms with Gasteiger partial charge in [-0.2, -0.15) is 0 Å². The highest BCUT2D eigenvalue weighted by atomic mass is 32.1. The van der Waals surface area contributed by atoms with Crippen molar-refractivity contribution < 1.29 is 4.79 Å². The van der Waals surface area contributed by atoms with Crippen molar-refractivity contribution >= 4 is 38.4 Å². The van der Waals surface area contributed by atoms with E-state index >= 15 is 0 Å². The predicted molar refractivity (Wildman–Crippen MR) is 110 cm³/mol. The maximum absolute atomic E-state index is 13.0. The SMILES string of the molecule is O=C(Cc1c[nH]c2ccccc12)N1CCC[C@@H](c2nc3ccccc3s2)C1. The molecule has 0 radical (unpaired) electrons. The summed E-state index contributed by atoms with van der Waals surface area (Å²) >= 11 is 1.77. The van der Waals surface area contributed by atoms with E-state index in [9.17, 15) is 4.79 Å². The smallest absolute Gasteiger partial charge is 0.227 e. The molecule has 5 rings (SSSR count). The number of fused-ring (bicyclic) bond motifs is 2. The summed E-state index contributed by atoms with van der Waals surface area (Å²) < 4.78 is 1.23. The molecule has 2 aromatic heterocycles. The van der Waals surface area contributed by atoms with Gasteiger partial charge in [0.2, 0.25) is 5.91 Å². The van der Waals surface area contributed by atoms with Gasteiger partial charge < -0.3 is 9.88 Å². The lowest BCUT2D eigenvalue weighted by Gasteiger charge is -2.32. The molecule has 136 valence electrons. The molecule has 4 nitrogen and oxygen atoms in total. The first-order valence-electron chi connectivity index (χ1n) is 9.46. The largest absolute Gasteiger partial charge is 0.361 e. The molecule has 2 aromatic carbocycles. The van der Waals surface area contributed by atoms with Crippen molar-refractivity contribution in [1.82, 2.24) is 14.9 Å². The number of nitrogens with one attached hydrogen (secondary N) is 1. The number of likely N-dealkylation sites (tertiary alicyclic amines) is 1. The van der Waals surface area contributed by atoms with Crippen molar-refractivity contribution in [2.75, 3.05) is 13.1 Å². The van der Waals surface area contributed by atoms with Crippen molar-refractivity contribution in [3.05, 3.63) is 65.3 Å². The Hall–Kier alpha value is -2.66. The lowest BCUT2D eigenvalue weighted by Crippen LogP contribution is -2.39. The number of thiazole rings is 1. The zero-order valence-electron chi connectivity index (χ0n) is 15.0. The second-order valence-corrected chi connectivity index (χ2v) is 8.30. The predicted octanol–water partition coefficient (Wildman–Crippen LogP) is 4.73. The summed E-state index contributed by atoms with van der Waals surface area (Å²) in [6.45, 7) is 1.63. The maximum atomic E-state index is 13.0. The van der Waals surface area contributed by atoms with Crippen LogP contribution in [0.15, 0.2) is 54.7 Å². The highest BCUT2D eigenvalue weighted by Crippen LogP contribution is 2.33. The quantitative estimate of drug-likeness (QED) is 0.563. The second-order valence-electron chi connectivity index (χ2n) is 7.24. The minimum absolute atomic E-state index is 0.213. The molecule has 0 spiro atoms. The van der Waals surface area contributed by atoms with Crippen LogP contribution in [-0.4, -0.2) is 33.9 Å². The number of hydrogen-bond acceptors (Lipinski definition) is 3. The highest BCUT2D eigenvalue weighted by Gasteiger charge is 2.27. The van der Waals surface area contributed by atoms with Crippen molar-refractivity contribution in [1.29, 1.82) is 0 Å². The van der Waals surface area contributed by atoms with E-state index in [1.165, 1.54) is 9.71 Å². The first-order chi connectivity index (χ1) is 13.3. The number of nitrogens with zero attached hydrogens (tertiary/aromatic N) is 2. The number of carbonyl (C=O) groups excluding carboxylic acids is 1. The highest BCUT2D eigenvalue weighted by molar-refractivity contribution is 7.18. The molecular weight excluding hydrogens is 354 g/mol. The Morgan fingerprint density at radius 3 is 2.96 bits per heavy atom. The van der Waals surface area contributed by atoms with Crippen LogP contribution in [0.1, 0.15) is 29.3 Å². The van der Waals surface area contributed by atoms with E-state index < -0.39 is 0 Å². The Kier molecular flexibility index (Phi) is 4.17. The van der Waals surface area contributed by atoms with Crippen LogP contribution in [-0.2, 0) is 11.2 Å². The average molecular weight is 375 g/mol. The molecule has 1 aliphatic rings. The molecule has 1 aliphatic heterocycles. The number of para-hydroxylation sites is 2. The number of carbonyl (C=O) groups is 1. The molecular formula is C22H21N3OS. The van der Waals surface area contributed by atoms with Crippen LogP contribution in [0.3, 0.4) is 0 Å². The van der Waals surface area contributed by atoms with Gasteiger partial charge in [-0.05, 0) is 36.6 Å². The Morgan fingerprint density at radius 1 is 1.19 bits per heavy atom. The van der Waals surface area contributed by atoms with E-state index in [1.807, 2.05) is 35.4 Å². The normalized spacial score (nSPS) is 17.6. The molecule has 4 aromatic rings. The molecule has 1 N–H and O–H groups in total. The second kappa shape index (κ2) is 6.82. The molecule has 3 heterocycles. The van der Waals surface area contributed by atoms with Crippen LogP contribution < -0.4 is 0 Å². The molecule has 0 bridgehead atoms. The molecule has 1 amide bonds. The average Bonchev–Trinajstić information content (AvgIpc) is 3.32. The van der Waals surface area contributed by atoms with Crippen LogP contribution in [0.4, 0.5) is 0 Å². The topological polar surface area (TPSA) is 49.0 Å². The Morgan fingerprint density at radius 2 is 2.04 bits per heavy atom. The van der Waals surface area contributed by atoms with Crippen molar-refractivity contribution in [3.63, 3.8) is 0 Å². The van der Waals surface area contributed by atoms with E-state index in [-0.39, 0.29) is 5.91 Å². The first-order valence-corrected chi connectivity index (χ1v) is 10.3. The number of piperidine rings is 1. The van der Waals surface area contributed by atoms with Crippen molar-refractivity contribution in [2.45, 2.75) is 25.2 Å². The van der Waals surface area contributed by atoms with Gasteiger partial charge in [-0.1, -0.05) is 30.3 Å². The fraction of sp³-hybridized carbons (Fsp3) is 0.273. The molecule has 1 atom stereocenters. The number of aromatic nitrogens is 2. The van der Waals surface area contributed by atoms with Gasteiger partial charge in [-0.3, -0.25) is 4.79 Å². The van der Waals surface area contributed by atoms with Crippen LogP contribution in [0.5, 0.6) is 0 Å². The fourth-order valence-corrected chi connectivity index (χ4v) is 5.12. The van der Waals surface area contributed by atoms with Gasteiger partial charge in [0.1, 0.15) is 0 Å². The summed E-state index contributed by atoms with van der Waals surface area (Å²) in [7, 11) is 0. The fourth-order valence-electron chi connectivity index (χ4n) is 4.02. The van der Waals surface area contributed by atoms with Gasteiger partial charge in [-0.25, -0.2) is 4.98 Å². The van der Waals surface area contributed by atoms with Gasteiger partial charge in [0.05, 0.1) is 21.6 Å².